The van der Waals surface area contributed by atoms with Crippen LogP contribution in [0.25, 0.3) is 55.6 Å². The average Bonchev–Trinajstić information content (AvgIpc) is 3.57. The van der Waals surface area contributed by atoms with E-state index in [2.05, 4.69) is 227 Å². The fourth-order valence-electron chi connectivity index (χ4n) is 11.5. The molecule has 0 spiro atoms. The molecule has 2 heteroatoms. The van der Waals surface area contributed by atoms with Crippen molar-refractivity contribution < 1.29 is 0 Å². The van der Waals surface area contributed by atoms with Crippen molar-refractivity contribution in [3.8, 4) is 55.6 Å². The lowest BCUT2D eigenvalue weighted by molar-refractivity contribution is 0.364. The van der Waals surface area contributed by atoms with Crippen molar-refractivity contribution in [3.63, 3.8) is 0 Å². The maximum Gasteiger partial charge on any atom is 0.192 e. The molecule has 0 N–H and O–H groups in total. The number of hydrogen-bond acceptors (Lipinski definition) is 0. The monoisotopic (exact) mass is 871 g/mol. The lowest BCUT2D eigenvalue weighted by Gasteiger charge is -2.35. The largest absolute Gasteiger partial charge is 0.192 e. The number of rotatable bonds is 14. The maximum absolute atomic E-state index is 2.66. The van der Waals surface area contributed by atoms with Crippen LogP contribution in [0.4, 0.5) is 0 Å². The third-order valence-corrected chi connectivity index (χ3v) is 15.1. The Balaban J connectivity index is 1.27. The van der Waals surface area contributed by atoms with Gasteiger partial charge in [-0.05, 0) is 170 Å². The molecule has 0 amide bonds. The molecule has 0 unspecified atom stereocenters. The van der Waals surface area contributed by atoms with Crippen LogP contribution < -0.4 is 21.9 Å². The molecule has 0 saturated heterocycles. The molecule has 0 bridgehead atoms. The Morgan fingerprint density at radius 3 is 1.00 bits per heavy atom. The number of fused-ring (bicyclic) bond motifs is 3. The van der Waals surface area contributed by atoms with E-state index in [-0.39, 0.29) is 5.41 Å². The molecule has 0 aliphatic heterocycles. The summed E-state index contributed by atoms with van der Waals surface area (Å²) in [6.07, 6.45) is 4.58. The van der Waals surface area contributed by atoms with Gasteiger partial charge in [-0.15, -0.1) is 0 Å². The Kier molecular flexibility index (Phi) is 13.2. The quantitative estimate of drug-likeness (QED) is 0.0955. The average molecular weight is 871 g/mol. The molecule has 67 heavy (non-hydrogen) atoms. The van der Waals surface area contributed by atoms with E-state index in [0.717, 1.165) is 27.4 Å². The second-order valence-electron chi connectivity index (χ2n) is 21.1. The highest BCUT2D eigenvalue weighted by atomic mass is 14.5. The number of aryl methyl sites for hydroxylation is 6. The standard InChI is InChI=1S/C65H68B2/c1-41(2)29-31-65(32-30-42(3)4)61-39-57(50-19-15-12-16-20-50)55(49-17-13-11-14-18-49)37-59(61)60-38-56(51-21-25-53(26-22-51)66-63-45(7)33-43(5)34-46(63)8)58(40-62(60)65)52-23-27-54(28-24-52)67-64-47(9)35-44(6)36-48(64)10/h11-28,33-42,66-67H,29-32H2,1-10H3. The fraction of sp³-hybridized carbons (Fsp3) is 0.262. The molecular formula is C65H68B2. The van der Waals surface area contributed by atoms with Crippen LogP contribution >= 0.6 is 0 Å². The first-order valence-electron chi connectivity index (χ1n) is 25.1. The molecule has 9 rings (SSSR count). The molecule has 8 aromatic carbocycles. The van der Waals surface area contributed by atoms with E-state index in [0.29, 0.717) is 11.8 Å². The molecule has 0 saturated carbocycles. The van der Waals surface area contributed by atoms with Gasteiger partial charge < -0.3 is 0 Å². The van der Waals surface area contributed by atoms with Gasteiger partial charge >= 0.3 is 0 Å². The van der Waals surface area contributed by atoms with Crippen LogP contribution in [0.2, 0.25) is 0 Å². The van der Waals surface area contributed by atoms with Crippen LogP contribution in [0.5, 0.6) is 0 Å². The van der Waals surface area contributed by atoms with E-state index in [1.54, 1.807) is 0 Å². The van der Waals surface area contributed by atoms with Crippen LogP contribution in [0.3, 0.4) is 0 Å². The van der Waals surface area contributed by atoms with Crippen molar-refractivity contribution in [2.75, 3.05) is 0 Å². The van der Waals surface area contributed by atoms with Crippen molar-refractivity contribution in [1.29, 1.82) is 0 Å². The normalized spacial score (nSPS) is 12.7. The summed E-state index contributed by atoms with van der Waals surface area (Å²) in [6.45, 7) is 23.1. The molecule has 8 aromatic rings. The van der Waals surface area contributed by atoms with Crippen molar-refractivity contribution >= 4 is 36.4 Å². The van der Waals surface area contributed by atoms with Crippen molar-refractivity contribution in [1.82, 2.24) is 0 Å². The first-order valence-corrected chi connectivity index (χ1v) is 25.1. The molecule has 1 aliphatic rings. The number of benzene rings is 8. The molecular weight excluding hydrogens is 802 g/mol. The second kappa shape index (κ2) is 19.2. The number of hydrogen-bond donors (Lipinski definition) is 0. The highest BCUT2D eigenvalue weighted by Crippen LogP contribution is 2.58. The van der Waals surface area contributed by atoms with Gasteiger partial charge in [0.2, 0.25) is 0 Å². The lowest BCUT2D eigenvalue weighted by atomic mass is 9.60. The third kappa shape index (κ3) is 9.43. The van der Waals surface area contributed by atoms with Gasteiger partial charge in [-0.1, -0.05) is 216 Å². The Bertz CT molecular complexity index is 2990. The minimum absolute atomic E-state index is 0.126. The van der Waals surface area contributed by atoms with Gasteiger partial charge in [-0.25, -0.2) is 0 Å². The predicted molar refractivity (Wildman–Crippen MR) is 297 cm³/mol. The Hall–Kier alpha value is -6.11. The summed E-state index contributed by atoms with van der Waals surface area (Å²) >= 11 is 0. The molecule has 0 heterocycles. The van der Waals surface area contributed by atoms with Crippen LogP contribution in [-0.4, -0.2) is 14.6 Å². The highest BCUT2D eigenvalue weighted by Gasteiger charge is 2.44. The summed E-state index contributed by atoms with van der Waals surface area (Å²) in [5, 5.41) is 0. The molecule has 334 valence electrons. The second-order valence-corrected chi connectivity index (χ2v) is 21.1. The Morgan fingerprint density at radius 2 is 0.672 bits per heavy atom. The van der Waals surface area contributed by atoms with Crippen LogP contribution in [-0.2, 0) is 5.41 Å². The molecule has 1 aliphatic carbocycles. The zero-order valence-corrected chi connectivity index (χ0v) is 41.9. The van der Waals surface area contributed by atoms with Gasteiger partial charge in [-0.3, -0.25) is 0 Å². The summed E-state index contributed by atoms with van der Waals surface area (Å²) in [6, 6.07) is 61.1. The van der Waals surface area contributed by atoms with Crippen LogP contribution in [0, 0.1) is 53.4 Å². The van der Waals surface area contributed by atoms with Gasteiger partial charge in [-0.2, -0.15) is 0 Å². The summed E-state index contributed by atoms with van der Waals surface area (Å²) in [4.78, 5) is 0. The first kappa shape index (κ1) is 46.0. The molecule has 0 aromatic heterocycles. The zero-order chi connectivity index (χ0) is 47.0. The van der Waals surface area contributed by atoms with Crippen molar-refractivity contribution in [2.24, 2.45) is 11.8 Å². The predicted octanol–water partition coefficient (Wildman–Crippen LogP) is 14.1. The van der Waals surface area contributed by atoms with Gasteiger partial charge in [0.1, 0.15) is 0 Å². The van der Waals surface area contributed by atoms with Gasteiger partial charge in [0.25, 0.3) is 0 Å². The van der Waals surface area contributed by atoms with Crippen molar-refractivity contribution in [2.45, 2.75) is 100 Å². The molecule has 0 fully saturated rings. The highest BCUT2D eigenvalue weighted by molar-refractivity contribution is 6.68. The van der Waals surface area contributed by atoms with E-state index in [4.69, 9.17) is 0 Å². The lowest BCUT2D eigenvalue weighted by Crippen LogP contribution is -2.31. The fourth-order valence-corrected chi connectivity index (χ4v) is 11.5. The summed E-state index contributed by atoms with van der Waals surface area (Å²) in [5.41, 5.74) is 29.7. The van der Waals surface area contributed by atoms with E-state index >= 15 is 0 Å². The smallest absolute Gasteiger partial charge is 0.0785 e. The van der Waals surface area contributed by atoms with E-state index < -0.39 is 0 Å². The van der Waals surface area contributed by atoms with Crippen LogP contribution in [0.1, 0.15) is 97.9 Å². The molecule has 0 atom stereocenters. The van der Waals surface area contributed by atoms with E-state index in [1.165, 1.54) is 135 Å². The van der Waals surface area contributed by atoms with Crippen molar-refractivity contribution in [3.05, 3.63) is 202 Å². The summed E-state index contributed by atoms with van der Waals surface area (Å²) in [7, 11) is 1.87. The van der Waals surface area contributed by atoms with Crippen LogP contribution in [0.15, 0.2) is 158 Å². The minimum Gasteiger partial charge on any atom is -0.0785 e. The van der Waals surface area contributed by atoms with E-state index in [9.17, 15) is 0 Å². The topological polar surface area (TPSA) is 0 Å². The maximum atomic E-state index is 2.66. The SMILES string of the molecule is Cc1cc(C)c(Bc2ccc(-c3cc4c(cc3-c3ccc(Bc5c(C)cc(C)cc5C)cc3)C(CCC(C)C)(CCC(C)C)c3cc(-c5ccccc5)c(-c5ccccc5)cc3-4)cc2)c(C)c1. The summed E-state index contributed by atoms with van der Waals surface area (Å²) in [5.74, 6) is 1.19. The van der Waals surface area contributed by atoms with Gasteiger partial charge in [0.05, 0.1) is 0 Å². The Labute approximate surface area is 404 Å². The van der Waals surface area contributed by atoms with Gasteiger partial charge in [0.15, 0.2) is 14.6 Å². The zero-order valence-electron chi connectivity index (χ0n) is 41.9. The summed E-state index contributed by atoms with van der Waals surface area (Å²) < 4.78 is 0. The first-order chi connectivity index (χ1) is 32.3. The molecule has 0 radical (unpaired) electrons. The third-order valence-electron chi connectivity index (χ3n) is 15.1. The molecule has 0 nitrogen and oxygen atoms in total. The minimum atomic E-state index is -0.126. The van der Waals surface area contributed by atoms with Gasteiger partial charge in [0, 0.05) is 5.41 Å². The Morgan fingerprint density at radius 1 is 0.358 bits per heavy atom. The van der Waals surface area contributed by atoms with E-state index in [1.807, 2.05) is 0 Å².